The lowest BCUT2D eigenvalue weighted by molar-refractivity contribution is 0.275. The van der Waals surface area contributed by atoms with E-state index in [1.165, 1.54) is 12.8 Å². The third kappa shape index (κ3) is 1.93. The first kappa shape index (κ1) is 10.4. The topological polar surface area (TPSA) is 41.5 Å². The van der Waals surface area contributed by atoms with Gasteiger partial charge >= 0.3 is 7.12 Å². The predicted octanol–water partition coefficient (Wildman–Crippen LogP) is 1.38. The highest BCUT2D eigenvalue weighted by molar-refractivity contribution is 6.61. The van der Waals surface area contributed by atoms with Crippen molar-refractivity contribution in [3.63, 3.8) is 0 Å². The van der Waals surface area contributed by atoms with Crippen molar-refractivity contribution in [1.82, 2.24) is 0 Å². The molecule has 0 bridgehead atoms. The summed E-state index contributed by atoms with van der Waals surface area (Å²) >= 11 is 6.16. The van der Waals surface area contributed by atoms with Crippen LogP contribution in [-0.2, 0) is 11.3 Å². The molecule has 0 radical (unpaired) electrons. The van der Waals surface area contributed by atoms with Gasteiger partial charge in [0, 0.05) is 6.54 Å². The summed E-state index contributed by atoms with van der Waals surface area (Å²) in [5.41, 5.74) is 2.72. The van der Waals surface area contributed by atoms with Gasteiger partial charge in [0.25, 0.3) is 0 Å². The molecule has 1 aliphatic heterocycles. The van der Waals surface area contributed by atoms with Crippen molar-refractivity contribution in [1.29, 1.82) is 0 Å². The molecule has 1 heterocycles. The molecule has 0 amide bonds. The molecule has 2 N–H and O–H groups in total. The van der Waals surface area contributed by atoms with Crippen molar-refractivity contribution < 1.29 is 9.68 Å². The van der Waals surface area contributed by atoms with Crippen molar-refractivity contribution in [2.45, 2.75) is 19.4 Å². The van der Waals surface area contributed by atoms with E-state index in [1.54, 1.807) is 0 Å². The number of hydrogen-bond acceptors (Lipinski definition) is 3. The minimum Gasteiger partial charge on any atom is -0.423 e. The van der Waals surface area contributed by atoms with Crippen molar-refractivity contribution in [3.05, 3.63) is 22.7 Å². The number of benzene rings is 1. The monoisotopic (exact) mass is 237 g/mol. The standard InChI is InChI=1S/C11H13BClNO2/c13-10-3-8-6-16-12(15)9(8)4-11(10)14-5-7-1-2-7/h3-4,7,14-15H,1-2,5-6H2. The molecule has 0 aromatic heterocycles. The smallest absolute Gasteiger partial charge is 0.423 e. The van der Waals surface area contributed by atoms with Crippen LogP contribution in [-0.4, -0.2) is 18.7 Å². The molecule has 1 aromatic carbocycles. The normalized spacial score (nSPS) is 18.8. The van der Waals surface area contributed by atoms with Crippen LogP contribution in [0.15, 0.2) is 12.1 Å². The first-order chi connectivity index (χ1) is 7.74. The van der Waals surface area contributed by atoms with Gasteiger partial charge in [-0.2, -0.15) is 0 Å². The second-order valence-electron chi connectivity index (χ2n) is 4.52. The van der Waals surface area contributed by atoms with E-state index in [1.807, 2.05) is 12.1 Å². The molecule has 1 saturated carbocycles. The Hall–Kier alpha value is -0.705. The fourth-order valence-electron chi connectivity index (χ4n) is 1.96. The van der Waals surface area contributed by atoms with Crippen LogP contribution in [0.1, 0.15) is 18.4 Å². The van der Waals surface area contributed by atoms with Crippen LogP contribution in [0.25, 0.3) is 0 Å². The quantitative estimate of drug-likeness (QED) is 0.781. The number of nitrogens with one attached hydrogen (secondary N) is 1. The Morgan fingerprint density at radius 1 is 1.50 bits per heavy atom. The summed E-state index contributed by atoms with van der Waals surface area (Å²) in [6, 6.07) is 3.78. The summed E-state index contributed by atoms with van der Waals surface area (Å²) in [5.74, 6) is 0.797. The molecule has 16 heavy (non-hydrogen) atoms. The maximum atomic E-state index is 9.59. The van der Waals surface area contributed by atoms with Crippen LogP contribution in [0.4, 0.5) is 5.69 Å². The summed E-state index contributed by atoms with van der Waals surface area (Å²) in [4.78, 5) is 0. The van der Waals surface area contributed by atoms with E-state index in [0.717, 1.165) is 29.2 Å². The van der Waals surface area contributed by atoms with E-state index in [9.17, 15) is 5.02 Å². The fraction of sp³-hybridized carbons (Fsp3) is 0.455. The average molecular weight is 237 g/mol. The lowest BCUT2D eigenvalue weighted by Crippen LogP contribution is -2.28. The highest BCUT2D eigenvalue weighted by Crippen LogP contribution is 2.31. The SMILES string of the molecule is OB1OCc2cc(Cl)c(NCC3CC3)cc21. The van der Waals surface area contributed by atoms with Gasteiger partial charge in [0.15, 0.2) is 0 Å². The summed E-state index contributed by atoms with van der Waals surface area (Å²) in [6.07, 6.45) is 2.61. The Morgan fingerprint density at radius 2 is 2.31 bits per heavy atom. The van der Waals surface area contributed by atoms with Gasteiger partial charge in [-0.1, -0.05) is 11.6 Å². The maximum absolute atomic E-state index is 9.59. The van der Waals surface area contributed by atoms with Gasteiger partial charge in [0.05, 0.1) is 17.3 Å². The molecular weight excluding hydrogens is 224 g/mol. The lowest BCUT2D eigenvalue weighted by Gasteiger charge is -2.10. The molecule has 1 fully saturated rings. The van der Waals surface area contributed by atoms with Crippen LogP contribution < -0.4 is 10.8 Å². The number of anilines is 1. The van der Waals surface area contributed by atoms with Crippen LogP contribution in [0.2, 0.25) is 5.02 Å². The van der Waals surface area contributed by atoms with Crippen molar-refractivity contribution in [3.8, 4) is 0 Å². The summed E-state index contributed by atoms with van der Waals surface area (Å²) in [6.45, 7) is 1.41. The minimum atomic E-state index is -0.797. The molecule has 1 aliphatic carbocycles. The van der Waals surface area contributed by atoms with Gasteiger partial charge in [0.1, 0.15) is 0 Å². The van der Waals surface area contributed by atoms with Crippen LogP contribution in [0.3, 0.4) is 0 Å². The summed E-state index contributed by atoms with van der Waals surface area (Å²) < 4.78 is 5.14. The van der Waals surface area contributed by atoms with E-state index in [0.29, 0.717) is 11.6 Å². The second kappa shape index (κ2) is 3.95. The molecule has 0 unspecified atom stereocenters. The molecule has 1 aromatic rings. The lowest BCUT2D eigenvalue weighted by atomic mass is 9.79. The number of fused-ring (bicyclic) bond motifs is 1. The third-order valence-electron chi connectivity index (χ3n) is 3.17. The van der Waals surface area contributed by atoms with E-state index >= 15 is 0 Å². The Morgan fingerprint density at radius 3 is 3.06 bits per heavy atom. The predicted molar refractivity (Wildman–Crippen MR) is 65.1 cm³/mol. The Bertz CT molecular complexity index is 423. The summed E-state index contributed by atoms with van der Waals surface area (Å²) in [5, 5.41) is 13.6. The first-order valence-corrected chi connectivity index (χ1v) is 5.97. The van der Waals surface area contributed by atoms with Crippen molar-refractivity contribution in [2.75, 3.05) is 11.9 Å². The molecule has 84 valence electrons. The Kier molecular flexibility index (Phi) is 2.58. The van der Waals surface area contributed by atoms with Gasteiger partial charge in [-0.05, 0) is 41.9 Å². The third-order valence-corrected chi connectivity index (χ3v) is 3.48. The molecule has 3 nitrogen and oxygen atoms in total. The zero-order valence-electron chi connectivity index (χ0n) is 8.87. The van der Waals surface area contributed by atoms with E-state index in [2.05, 4.69) is 5.32 Å². The molecular formula is C11H13BClNO2. The molecule has 2 aliphatic rings. The van der Waals surface area contributed by atoms with E-state index < -0.39 is 7.12 Å². The van der Waals surface area contributed by atoms with Crippen molar-refractivity contribution >= 4 is 29.9 Å². The molecule has 3 rings (SSSR count). The molecule has 0 saturated heterocycles. The number of hydrogen-bond donors (Lipinski definition) is 2. The van der Waals surface area contributed by atoms with Crippen molar-refractivity contribution in [2.24, 2.45) is 5.92 Å². The maximum Gasteiger partial charge on any atom is 0.491 e. The van der Waals surface area contributed by atoms with E-state index in [-0.39, 0.29) is 0 Å². The van der Waals surface area contributed by atoms with Gasteiger partial charge in [-0.15, -0.1) is 0 Å². The Labute approximate surface area is 99.9 Å². The second-order valence-corrected chi connectivity index (χ2v) is 4.93. The Balaban J connectivity index is 1.83. The zero-order valence-corrected chi connectivity index (χ0v) is 9.63. The fourth-order valence-corrected chi connectivity index (χ4v) is 2.21. The molecule has 0 atom stereocenters. The number of rotatable bonds is 3. The molecule has 5 heteroatoms. The van der Waals surface area contributed by atoms with Crippen LogP contribution in [0, 0.1) is 5.92 Å². The largest absolute Gasteiger partial charge is 0.491 e. The van der Waals surface area contributed by atoms with E-state index in [4.69, 9.17) is 16.3 Å². The first-order valence-electron chi connectivity index (χ1n) is 5.60. The van der Waals surface area contributed by atoms with Gasteiger partial charge in [-0.3, -0.25) is 0 Å². The number of halogens is 1. The van der Waals surface area contributed by atoms with Gasteiger partial charge < -0.3 is 15.0 Å². The molecule has 0 spiro atoms. The van der Waals surface area contributed by atoms with Gasteiger partial charge in [0.2, 0.25) is 0 Å². The minimum absolute atomic E-state index is 0.444. The average Bonchev–Trinajstić information content (AvgIpc) is 3.02. The zero-order chi connectivity index (χ0) is 11.1. The highest BCUT2D eigenvalue weighted by Gasteiger charge is 2.28. The van der Waals surface area contributed by atoms with Gasteiger partial charge in [-0.25, -0.2) is 0 Å². The summed E-state index contributed by atoms with van der Waals surface area (Å²) in [7, 11) is -0.797. The van der Waals surface area contributed by atoms with Crippen LogP contribution in [0.5, 0.6) is 0 Å². The highest BCUT2D eigenvalue weighted by atomic mass is 35.5. The van der Waals surface area contributed by atoms with Crippen LogP contribution >= 0.6 is 11.6 Å².